The van der Waals surface area contributed by atoms with Crippen molar-refractivity contribution in [1.29, 1.82) is 0 Å². The molecule has 0 aliphatic carbocycles. The van der Waals surface area contributed by atoms with Crippen LogP contribution in [0, 0.1) is 5.82 Å². The quantitative estimate of drug-likeness (QED) is 0.526. The van der Waals surface area contributed by atoms with Gasteiger partial charge in [-0.1, -0.05) is 35.3 Å². The minimum absolute atomic E-state index is 0.216. The first kappa shape index (κ1) is 12.8. The molecule has 0 radical (unpaired) electrons. The lowest BCUT2D eigenvalue weighted by molar-refractivity contribution is 0.626. The van der Waals surface area contributed by atoms with E-state index in [4.69, 9.17) is 23.2 Å². The van der Waals surface area contributed by atoms with E-state index in [0.29, 0.717) is 16.0 Å². The van der Waals surface area contributed by atoms with Crippen LogP contribution in [-0.4, -0.2) is 11.2 Å². The molecule has 0 saturated heterocycles. The fourth-order valence-corrected chi connectivity index (χ4v) is 1.64. The Morgan fingerprint density at radius 3 is 2.67 bits per heavy atom. The molecule has 1 heterocycles. The van der Waals surface area contributed by atoms with Gasteiger partial charge in [0.05, 0.1) is 11.2 Å². The molecule has 0 fully saturated rings. The van der Waals surface area contributed by atoms with Crippen molar-refractivity contribution >= 4 is 35.2 Å². The number of halogens is 3. The molecule has 3 nitrogen and oxygen atoms in total. The summed E-state index contributed by atoms with van der Waals surface area (Å²) in [6, 6.07) is 9.48. The van der Waals surface area contributed by atoms with Crippen molar-refractivity contribution in [3.8, 4) is 0 Å². The van der Waals surface area contributed by atoms with Crippen molar-refractivity contribution in [2.75, 3.05) is 5.43 Å². The molecule has 6 heteroatoms. The monoisotopic (exact) mass is 283 g/mol. The molecule has 1 aromatic carbocycles. The van der Waals surface area contributed by atoms with Gasteiger partial charge < -0.3 is 0 Å². The van der Waals surface area contributed by atoms with Crippen LogP contribution in [0.4, 0.5) is 10.2 Å². The smallest absolute Gasteiger partial charge is 0.147 e. The summed E-state index contributed by atoms with van der Waals surface area (Å²) in [5, 5.41) is 4.49. The summed E-state index contributed by atoms with van der Waals surface area (Å²) in [6.07, 6.45) is 1.29. The van der Waals surface area contributed by atoms with Crippen LogP contribution in [0.3, 0.4) is 0 Å². The molecule has 1 aromatic heterocycles. The molecule has 0 saturated carbocycles. The molecule has 0 amide bonds. The van der Waals surface area contributed by atoms with E-state index in [1.807, 2.05) is 0 Å². The molecule has 0 unspecified atom stereocenters. The molecule has 0 aliphatic rings. The maximum Gasteiger partial charge on any atom is 0.147 e. The minimum Gasteiger partial charge on any atom is -0.261 e. The molecule has 92 valence electrons. The summed E-state index contributed by atoms with van der Waals surface area (Å²) in [4.78, 5) is 3.96. The molecule has 1 N–H and O–H groups in total. The third-order valence-corrected chi connectivity index (χ3v) is 2.63. The minimum atomic E-state index is -0.438. The number of hydrogen-bond acceptors (Lipinski definition) is 3. The van der Waals surface area contributed by atoms with Crippen molar-refractivity contribution in [1.82, 2.24) is 4.98 Å². The zero-order chi connectivity index (χ0) is 13.0. The maximum absolute atomic E-state index is 13.4. The molecule has 18 heavy (non-hydrogen) atoms. The van der Waals surface area contributed by atoms with Gasteiger partial charge in [0.25, 0.3) is 0 Å². The third-order valence-electron chi connectivity index (χ3n) is 2.09. The van der Waals surface area contributed by atoms with Gasteiger partial charge >= 0.3 is 0 Å². The van der Waals surface area contributed by atoms with E-state index in [0.717, 1.165) is 0 Å². The molecular formula is C12H8Cl2FN3. The topological polar surface area (TPSA) is 37.3 Å². The van der Waals surface area contributed by atoms with Crippen molar-refractivity contribution in [3.05, 3.63) is 58.0 Å². The van der Waals surface area contributed by atoms with E-state index in [1.54, 1.807) is 24.3 Å². The van der Waals surface area contributed by atoms with Gasteiger partial charge in [-0.2, -0.15) is 5.10 Å². The van der Waals surface area contributed by atoms with Gasteiger partial charge in [-0.3, -0.25) is 5.43 Å². The summed E-state index contributed by atoms with van der Waals surface area (Å²) >= 11 is 11.5. The van der Waals surface area contributed by atoms with Gasteiger partial charge in [-0.05, 0) is 24.3 Å². The molecule has 0 bridgehead atoms. The van der Waals surface area contributed by atoms with E-state index < -0.39 is 5.82 Å². The van der Waals surface area contributed by atoms with Crippen LogP contribution >= 0.6 is 23.2 Å². The number of benzene rings is 1. The van der Waals surface area contributed by atoms with Crippen LogP contribution in [0.5, 0.6) is 0 Å². The van der Waals surface area contributed by atoms with E-state index in [1.165, 1.54) is 18.3 Å². The predicted molar refractivity (Wildman–Crippen MR) is 71.9 cm³/mol. The van der Waals surface area contributed by atoms with Crippen LogP contribution in [0.2, 0.25) is 10.2 Å². The zero-order valence-corrected chi connectivity index (χ0v) is 10.6. The number of anilines is 1. The Bertz CT molecular complexity index is 567. The van der Waals surface area contributed by atoms with Crippen LogP contribution in [0.1, 0.15) is 5.56 Å². The SMILES string of the molecule is Fc1cccc(Cl)c1C=NNc1cccc(Cl)n1. The summed E-state index contributed by atoms with van der Waals surface area (Å²) < 4.78 is 13.4. The lowest BCUT2D eigenvalue weighted by Crippen LogP contribution is -1.95. The van der Waals surface area contributed by atoms with E-state index in [2.05, 4.69) is 15.5 Å². The standard InChI is InChI=1S/C12H8Cl2FN3/c13-9-3-1-4-10(15)8(9)7-16-18-12-6-2-5-11(14)17-12/h1-7H,(H,17,18). The first-order valence-corrected chi connectivity index (χ1v) is 5.78. The third kappa shape index (κ3) is 3.18. The van der Waals surface area contributed by atoms with Gasteiger partial charge in [-0.25, -0.2) is 9.37 Å². The van der Waals surface area contributed by atoms with E-state index in [9.17, 15) is 4.39 Å². The number of hydrazone groups is 1. The Balaban J connectivity index is 2.12. The second-order valence-corrected chi connectivity index (χ2v) is 4.15. The van der Waals surface area contributed by atoms with Gasteiger partial charge in [0.15, 0.2) is 0 Å². The summed E-state index contributed by atoms with van der Waals surface area (Å²) in [7, 11) is 0. The highest BCUT2D eigenvalue weighted by Crippen LogP contribution is 2.16. The highest BCUT2D eigenvalue weighted by molar-refractivity contribution is 6.33. The van der Waals surface area contributed by atoms with Crippen LogP contribution < -0.4 is 5.43 Å². The van der Waals surface area contributed by atoms with Crippen LogP contribution in [0.15, 0.2) is 41.5 Å². The van der Waals surface area contributed by atoms with Gasteiger partial charge in [0, 0.05) is 5.56 Å². The van der Waals surface area contributed by atoms with Gasteiger partial charge in [0.1, 0.15) is 16.8 Å². The Morgan fingerprint density at radius 2 is 1.94 bits per heavy atom. The maximum atomic E-state index is 13.4. The van der Waals surface area contributed by atoms with E-state index in [-0.39, 0.29) is 5.56 Å². The number of rotatable bonds is 3. The molecule has 0 spiro atoms. The first-order chi connectivity index (χ1) is 8.66. The molecule has 0 atom stereocenters. The van der Waals surface area contributed by atoms with Gasteiger partial charge in [0.2, 0.25) is 0 Å². The number of pyridine rings is 1. The van der Waals surface area contributed by atoms with Crippen molar-refractivity contribution in [3.63, 3.8) is 0 Å². The number of nitrogens with one attached hydrogen (secondary N) is 1. The summed E-state index contributed by atoms with van der Waals surface area (Å²) in [6.45, 7) is 0. The lowest BCUT2D eigenvalue weighted by Gasteiger charge is -2.01. The number of hydrogen-bond donors (Lipinski definition) is 1. The second-order valence-electron chi connectivity index (χ2n) is 3.35. The summed E-state index contributed by atoms with van der Waals surface area (Å²) in [5.41, 5.74) is 2.85. The van der Waals surface area contributed by atoms with E-state index >= 15 is 0 Å². The van der Waals surface area contributed by atoms with Crippen LogP contribution in [-0.2, 0) is 0 Å². The van der Waals surface area contributed by atoms with Crippen molar-refractivity contribution in [2.24, 2.45) is 5.10 Å². The molecule has 2 aromatic rings. The number of aromatic nitrogens is 1. The highest BCUT2D eigenvalue weighted by atomic mass is 35.5. The Morgan fingerprint density at radius 1 is 1.17 bits per heavy atom. The lowest BCUT2D eigenvalue weighted by atomic mass is 10.2. The zero-order valence-electron chi connectivity index (χ0n) is 9.07. The molecular weight excluding hydrogens is 276 g/mol. The fraction of sp³-hybridized carbons (Fsp3) is 0. The fourth-order valence-electron chi connectivity index (χ4n) is 1.27. The first-order valence-electron chi connectivity index (χ1n) is 5.02. The number of nitrogens with zero attached hydrogens (tertiary/aromatic N) is 2. The average Bonchev–Trinajstić information content (AvgIpc) is 2.33. The Labute approximate surface area is 113 Å². The summed E-state index contributed by atoms with van der Waals surface area (Å²) in [5.74, 6) is 0.0262. The Hall–Kier alpha value is -1.65. The highest BCUT2D eigenvalue weighted by Gasteiger charge is 2.03. The predicted octanol–water partition coefficient (Wildman–Crippen LogP) is 3.97. The van der Waals surface area contributed by atoms with Crippen LogP contribution in [0.25, 0.3) is 0 Å². The largest absolute Gasteiger partial charge is 0.261 e. The average molecular weight is 284 g/mol. The Kier molecular flexibility index (Phi) is 4.12. The van der Waals surface area contributed by atoms with Crippen molar-refractivity contribution < 1.29 is 4.39 Å². The molecule has 0 aliphatic heterocycles. The second kappa shape index (κ2) is 5.80. The normalized spacial score (nSPS) is 10.8. The molecule has 2 rings (SSSR count). The van der Waals surface area contributed by atoms with Gasteiger partial charge in [-0.15, -0.1) is 0 Å². The van der Waals surface area contributed by atoms with Crippen molar-refractivity contribution in [2.45, 2.75) is 0 Å².